The molecule has 1 amide bonds. The van der Waals surface area contributed by atoms with Gasteiger partial charge in [0.1, 0.15) is 4.88 Å². The third kappa shape index (κ3) is 2.79. The third-order valence-electron chi connectivity index (χ3n) is 3.11. The van der Waals surface area contributed by atoms with Crippen molar-refractivity contribution in [1.82, 2.24) is 15.3 Å². The molecule has 6 nitrogen and oxygen atoms in total. The highest BCUT2D eigenvalue weighted by atomic mass is 32.1. The molecular weight excluding hydrogens is 302 g/mol. The quantitative estimate of drug-likeness (QED) is 0.771. The maximum Gasteiger partial charge on any atom is 0.346 e. The SMILES string of the molecule is O=C(NCc1ccsc1C(=O)O)c1ccc2nccnc2c1. The summed E-state index contributed by atoms with van der Waals surface area (Å²) in [5.74, 6) is -1.27. The van der Waals surface area contributed by atoms with E-state index in [2.05, 4.69) is 15.3 Å². The Morgan fingerprint density at radius 3 is 2.68 bits per heavy atom. The smallest absolute Gasteiger partial charge is 0.346 e. The number of hydrogen-bond acceptors (Lipinski definition) is 5. The Bertz CT molecular complexity index is 860. The van der Waals surface area contributed by atoms with Gasteiger partial charge in [-0.15, -0.1) is 11.3 Å². The van der Waals surface area contributed by atoms with Crippen LogP contribution in [0.25, 0.3) is 11.0 Å². The molecular formula is C15H11N3O3S. The molecule has 110 valence electrons. The number of aromatic nitrogens is 2. The molecule has 0 aliphatic heterocycles. The molecule has 0 unspecified atom stereocenters. The summed E-state index contributed by atoms with van der Waals surface area (Å²) >= 11 is 1.14. The fourth-order valence-electron chi connectivity index (χ4n) is 2.04. The van der Waals surface area contributed by atoms with Gasteiger partial charge in [-0.05, 0) is 35.2 Å². The number of hydrogen-bond donors (Lipinski definition) is 2. The van der Waals surface area contributed by atoms with Crippen LogP contribution in [0.15, 0.2) is 42.0 Å². The lowest BCUT2D eigenvalue weighted by molar-refractivity contribution is 0.0700. The molecule has 0 saturated heterocycles. The molecule has 22 heavy (non-hydrogen) atoms. The summed E-state index contributed by atoms with van der Waals surface area (Å²) in [4.78, 5) is 31.7. The number of carbonyl (C=O) groups is 2. The number of benzene rings is 1. The summed E-state index contributed by atoms with van der Waals surface area (Å²) in [6.07, 6.45) is 3.15. The first kappa shape index (κ1) is 14.2. The molecule has 0 aliphatic rings. The number of carbonyl (C=O) groups excluding carboxylic acids is 1. The van der Waals surface area contributed by atoms with Gasteiger partial charge in [0, 0.05) is 24.5 Å². The van der Waals surface area contributed by atoms with Crippen LogP contribution in [0.1, 0.15) is 25.6 Å². The lowest BCUT2D eigenvalue weighted by atomic mass is 10.1. The van der Waals surface area contributed by atoms with Crippen LogP contribution in [-0.2, 0) is 6.54 Å². The molecule has 1 aromatic carbocycles. The average molecular weight is 313 g/mol. The van der Waals surface area contributed by atoms with Crippen LogP contribution in [0.3, 0.4) is 0 Å². The average Bonchev–Trinajstić information content (AvgIpc) is 3.01. The number of rotatable bonds is 4. The highest BCUT2D eigenvalue weighted by Crippen LogP contribution is 2.17. The Labute approximate surface area is 129 Å². The van der Waals surface area contributed by atoms with Gasteiger partial charge < -0.3 is 10.4 Å². The van der Waals surface area contributed by atoms with Gasteiger partial charge in [0.15, 0.2) is 0 Å². The minimum atomic E-state index is -0.986. The van der Waals surface area contributed by atoms with Crippen LogP contribution in [0.2, 0.25) is 0 Å². The Morgan fingerprint density at radius 1 is 1.14 bits per heavy atom. The first-order valence-electron chi connectivity index (χ1n) is 6.44. The standard InChI is InChI=1S/C15H11N3O3S/c19-14(18-8-10-3-6-22-13(10)15(20)21)9-1-2-11-12(7-9)17-5-4-16-11/h1-7H,8H2,(H,18,19)(H,20,21). The Balaban J connectivity index is 1.75. The summed E-state index contributed by atoms with van der Waals surface area (Å²) in [7, 11) is 0. The van der Waals surface area contributed by atoms with Crippen LogP contribution >= 0.6 is 11.3 Å². The maximum atomic E-state index is 12.2. The number of aromatic carboxylic acids is 1. The molecule has 0 saturated carbocycles. The molecule has 0 aliphatic carbocycles. The van der Waals surface area contributed by atoms with E-state index in [1.807, 2.05) is 0 Å². The van der Waals surface area contributed by atoms with Gasteiger partial charge in [-0.3, -0.25) is 14.8 Å². The molecule has 2 aromatic heterocycles. The zero-order valence-corrected chi connectivity index (χ0v) is 12.1. The molecule has 0 bridgehead atoms. The lowest BCUT2D eigenvalue weighted by Crippen LogP contribution is -2.23. The first-order valence-corrected chi connectivity index (χ1v) is 7.32. The van der Waals surface area contributed by atoms with Crippen LogP contribution in [0, 0.1) is 0 Å². The van der Waals surface area contributed by atoms with E-state index >= 15 is 0 Å². The fraction of sp³-hybridized carbons (Fsp3) is 0.0667. The van der Waals surface area contributed by atoms with Crippen LogP contribution in [0.5, 0.6) is 0 Å². The van der Waals surface area contributed by atoms with Crippen LogP contribution in [0.4, 0.5) is 0 Å². The Morgan fingerprint density at radius 2 is 1.91 bits per heavy atom. The van der Waals surface area contributed by atoms with Crippen molar-refractivity contribution in [2.24, 2.45) is 0 Å². The largest absolute Gasteiger partial charge is 0.477 e. The van der Waals surface area contributed by atoms with E-state index in [0.29, 0.717) is 22.2 Å². The molecule has 0 radical (unpaired) electrons. The van der Waals surface area contributed by atoms with Crippen LogP contribution in [-0.4, -0.2) is 27.0 Å². The lowest BCUT2D eigenvalue weighted by Gasteiger charge is -2.06. The minimum Gasteiger partial charge on any atom is -0.477 e. The minimum absolute atomic E-state index is 0.169. The summed E-state index contributed by atoms with van der Waals surface area (Å²) in [5, 5.41) is 13.4. The van der Waals surface area contributed by atoms with Crippen molar-refractivity contribution in [2.45, 2.75) is 6.54 Å². The molecule has 0 fully saturated rings. The predicted octanol–water partition coefficient (Wildman–Crippen LogP) is 2.32. The molecule has 2 heterocycles. The van der Waals surface area contributed by atoms with Gasteiger partial charge in [0.05, 0.1) is 11.0 Å². The van der Waals surface area contributed by atoms with E-state index < -0.39 is 5.97 Å². The number of fused-ring (bicyclic) bond motifs is 1. The van der Waals surface area contributed by atoms with Crippen molar-refractivity contribution in [3.8, 4) is 0 Å². The van der Waals surface area contributed by atoms with E-state index in [1.54, 1.807) is 42.0 Å². The molecule has 3 rings (SSSR count). The van der Waals surface area contributed by atoms with Gasteiger partial charge in [0.25, 0.3) is 5.91 Å². The second-order valence-corrected chi connectivity index (χ2v) is 5.44. The van der Waals surface area contributed by atoms with Crippen molar-refractivity contribution in [3.63, 3.8) is 0 Å². The molecule has 3 aromatic rings. The van der Waals surface area contributed by atoms with E-state index in [0.717, 1.165) is 11.3 Å². The second kappa shape index (κ2) is 5.90. The van der Waals surface area contributed by atoms with Crippen LogP contribution < -0.4 is 5.32 Å². The number of carboxylic acids is 1. The topological polar surface area (TPSA) is 92.2 Å². The normalized spacial score (nSPS) is 10.5. The Kier molecular flexibility index (Phi) is 3.80. The van der Waals surface area contributed by atoms with Gasteiger partial charge in [0.2, 0.25) is 0 Å². The molecule has 0 spiro atoms. The fourth-order valence-corrected chi connectivity index (χ4v) is 2.81. The van der Waals surface area contributed by atoms with Crippen molar-refractivity contribution in [3.05, 3.63) is 58.0 Å². The van der Waals surface area contributed by atoms with Crippen molar-refractivity contribution >= 4 is 34.2 Å². The summed E-state index contributed by atoms with van der Waals surface area (Å²) in [6.45, 7) is 0.169. The third-order valence-corrected chi connectivity index (χ3v) is 4.06. The van der Waals surface area contributed by atoms with E-state index in [4.69, 9.17) is 5.11 Å². The summed E-state index contributed by atoms with van der Waals surface area (Å²) in [6, 6.07) is 6.74. The van der Waals surface area contributed by atoms with E-state index in [9.17, 15) is 9.59 Å². The zero-order chi connectivity index (χ0) is 15.5. The van der Waals surface area contributed by atoms with Crippen molar-refractivity contribution in [1.29, 1.82) is 0 Å². The number of carboxylic acid groups (broad SMARTS) is 1. The summed E-state index contributed by atoms with van der Waals surface area (Å²) in [5.41, 5.74) is 2.40. The number of amides is 1. The maximum absolute atomic E-state index is 12.2. The van der Waals surface area contributed by atoms with Gasteiger partial charge in [-0.1, -0.05) is 0 Å². The monoisotopic (exact) mass is 313 g/mol. The number of thiophene rings is 1. The first-order chi connectivity index (χ1) is 10.6. The molecule has 2 N–H and O–H groups in total. The zero-order valence-electron chi connectivity index (χ0n) is 11.3. The number of nitrogens with zero attached hydrogens (tertiary/aromatic N) is 2. The highest BCUT2D eigenvalue weighted by molar-refractivity contribution is 7.12. The van der Waals surface area contributed by atoms with Crippen molar-refractivity contribution < 1.29 is 14.7 Å². The predicted molar refractivity (Wildman–Crippen MR) is 82.0 cm³/mol. The van der Waals surface area contributed by atoms with Gasteiger partial charge >= 0.3 is 5.97 Å². The highest BCUT2D eigenvalue weighted by Gasteiger charge is 2.13. The van der Waals surface area contributed by atoms with Gasteiger partial charge in [-0.2, -0.15) is 0 Å². The molecule has 7 heteroatoms. The van der Waals surface area contributed by atoms with Gasteiger partial charge in [-0.25, -0.2) is 4.79 Å². The Hall–Kier alpha value is -2.80. The van der Waals surface area contributed by atoms with E-state index in [1.165, 1.54) is 0 Å². The summed E-state index contributed by atoms with van der Waals surface area (Å²) < 4.78 is 0. The second-order valence-electron chi connectivity index (χ2n) is 4.52. The van der Waals surface area contributed by atoms with Crippen molar-refractivity contribution in [2.75, 3.05) is 0 Å². The molecule has 0 atom stereocenters. The number of nitrogens with one attached hydrogen (secondary N) is 1. The van der Waals surface area contributed by atoms with E-state index in [-0.39, 0.29) is 17.3 Å².